The maximum absolute atomic E-state index is 13.1. The molecule has 6 nitrogen and oxygen atoms in total. The van der Waals surface area contributed by atoms with E-state index in [2.05, 4.69) is 22.0 Å². The number of carbonyl (C=O) groups excluding carboxylic acids is 1. The molecule has 0 saturated carbocycles. The number of hydrogen-bond acceptors (Lipinski definition) is 6. The molecule has 0 bridgehead atoms. The molecule has 0 saturated heterocycles. The standard InChI is InChI=1S/C26H24BrCl2N3O3/c1-3-34-22-11-15(10-17(27)25(22)35-13-14-7-8-18(28)19(29)9-14)23-16(12-30)26(31)32(2)20-5-4-6-21(33)24(20)23/h7-11,23H,3-6,13,31H2,1-2H3/t23-/m0/s1. The normalized spacial score (nSPS) is 17.9. The third kappa shape index (κ3) is 4.88. The minimum Gasteiger partial charge on any atom is -0.490 e. The van der Waals surface area contributed by atoms with Crippen LogP contribution in [-0.2, 0) is 11.4 Å². The summed E-state index contributed by atoms with van der Waals surface area (Å²) in [5, 5.41) is 10.9. The highest BCUT2D eigenvalue weighted by atomic mass is 79.9. The number of nitrogens with two attached hydrogens (primary N) is 1. The molecular weight excluding hydrogens is 553 g/mol. The molecule has 0 aromatic heterocycles. The van der Waals surface area contributed by atoms with E-state index in [9.17, 15) is 10.1 Å². The molecule has 0 fully saturated rings. The highest BCUT2D eigenvalue weighted by molar-refractivity contribution is 9.10. The van der Waals surface area contributed by atoms with Gasteiger partial charge in [-0.25, -0.2) is 0 Å². The molecule has 0 spiro atoms. The molecule has 9 heteroatoms. The second-order valence-electron chi connectivity index (χ2n) is 8.34. The van der Waals surface area contributed by atoms with E-state index in [1.54, 1.807) is 24.1 Å². The number of halogens is 3. The third-order valence-electron chi connectivity index (χ3n) is 6.20. The first kappa shape index (κ1) is 25.4. The monoisotopic (exact) mass is 575 g/mol. The molecule has 1 aliphatic carbocycles. The number of rotatable bonds is 6. The van der Waals surface area contributed by atoms with Crippen molar-refractivity contribution in [2.45, 2.75) is 38.7 Å². The summed E-state index contributed by atoms with van der Waals surface area (Å²) in [6, 6.07) is 11.2. The SMILES string of the molecule is CCOc1cc([C@H]2C(C#N)=C(N)N(C)C3=C2C(=O)CCC3)cc(Br)c1OCc1ccc(Cl)c(Cl)c1. The van der Waals surface area contributed by atoms with Crippen molar-refractivity contribution in [1.82, 2.24) is 4.90 Å². The zero-order chi connectivity index (χ0) is 25.3. The molecule has 0 amide bonds. The van der Waals surface area contributed by atoms with Crippen molar-refractivity contribution in [2.75, 3.05) is 13.7 Å². The van der Waals surface area contributed by atoms with Crippen LogP contribution in [0.4, 0.5) is 0 Å². The second-order valence-corrected chi connectivity index (χ2v) is 10.0. The van der Waals surface area contributed by atoms with Gasteiger partial charge in [0, 0.05) is 24.7 Å². The van der Waals surface area contributed by atoms with Crippen molar-refractivity contribution in [1.29, 1.82) is 5.26 Å². The Morgan fingerprint density at radius 1 is 1.20 bits per heavy atom. The molecule has 1 aliphatic heterocycles. The number of nitrogens with zero attached hydrogens (tertiary/aromatic N) is 2. The molecule has 4 rings (SSSR count). The van der Waals surface area contributed by atoms with Crippen LogP contribution in [0.3, 0.4) is 0 Å². The first-order valence-electron chi connectivity index (χ1n) is 11.2. The molecule has 2 N–H and O–H groups in total. The number of ketones is 1. The van der Waals surface area contributed by atoms with Gasteiger partial charge in [0.15, 0.2) is 17.3 Å². The van der Waals surface area contributed by atoms with Crippen LogP contribution >= 0.6 is 39.1 Å². The zero-order valence-corrected chi connectivity index (χ0v) is 22.4. The fourth-order valence-electron chi connectivity index (χ4n) is 4.54. The molecule has 35 heavy (non-hydrogen) atoms. The molecule has 0 radical (unpaired) electrons. The Bertz CT molecular complexity index is 1300. The number of allylic oxidation sites excluding steroid dienone is 3. The predicted octanol–water partition coefficient (Wildman–Crippen LogP) is 6.46. The predicted molar refractivity (Wildman–Crippen MR) is 139 cm³/mol. The van der Waals surface area contributed by atoms with E-state index < -0.39 is 5.92 Å². The van der Waals surface area contributed by atoms with Gasteiger partial charge in [0.05, 0.1) is 38.7 Å². The highest BCUT2D eigenvalue weighted by Crippen LogP contribution is 2.47. The highest BCUT2D eigenvalue weighted by Gasteiger charge is 2.39. The summed E-state index contributed by atoms with van der Waals surface area (Å²) in [5.74, 6) is 0.836. The summed E-state index contributed by atoms with van der Waals surface area (Å²) in [5.41, 5.74) is 9.79. The van der Waals surface area contributed by atoms with Gasteiger partial charge in [-0.05, 0) is 71.1 Å². The van der Waals surface area contributed by atoms with E-state index >= 15 is 0 Å². The van der Waals surface area contributed by atoms with Crippen LogP contribution in [0.25, 0.3) is 0 Å². The van der Waals surface area contributed by atoms with Crippen molar-refractivity contribution in [3.8, 4) is 17.6 Å². The number of hydrogen-bond donors (Lipinski definition) is 1. The minimum atomic E-state index is -0.571. The number of benzene rings is 2. The van der Waals surface area contributed by atoms with Crippen LogP contribution in [0, 0.1) is 11.3 Å². The average molecular weight is 577 g/mol. The summed E-state index contributed by atoms with van der Waals surface area (Å²) in [6.07, 6.45) is 1.95. The summed E-state index contributed by atoms with van der Waals surface area (Å²) in [4.78, 5) is 14.8. The minimum absolute atomic E-state index is 0.0392. The lowest BCUT2D eigenvalue weighted by Crippen LogP contribution is -2.36. The van der Waals surface area contributed by atoms with Gasteiger partial charge in [0.2, 0.25) is 0 Å². The lowest BCUT2D eigenvalue weighted by Gasteiger charge is -2.37. The molecule has 182 valence electrons. The molecule has 2 aromatic rings. The van der Waals surface area contributed by atoms with Gasteiger partial charge >= 0.3 is 0 Å². The molecule has 1 heterocycles. The maximum Gasteiger partial charge on any atom is 0.175 e. The lowest BCUT2D eigenvalue weighted by molar-refractivity contribution is -0.116. The Labute approximate surface area is 223 Å². The van der Waals surface area contributed by atoms with Crippen molar-refractivity contribution in [3.05, 3.63) is 78.6 Å². The van der Waals surface area contributed by atoms with Gasteiger partial charge < -0.3 is 20.1 Å². The average Bonchev–Trinajstić information content (AvgIpc) is 2.83. The number of carbonyl (C=O) groups is 1. The van der Waals surface area contributed by atoms with Crippen molar-refractivity contribution < 1.29 is 14.3 Å². The topological polar surface area (TPSA) is 88.6 Å². The Morgan fingerprint density at radius 2 is 1.97 bits per heavy atom. The van der Waals surface area contributed by atoms with E-state index in [0.717, 1.165) is 29.7 Å². The largest absolute Gasteiger partial charge is 0.490 e. The van der Waals surface area contributed by atoms with Crippen LogP contribution < -0.4 is 15.2 Å². The van der Waals surface area contributed by atoms with E-state index in [1.165, 1.54) is 0 Å². The van der Waals surface area contributed by atoms with Crippen LogP contribution in [-0.4, -0.2) is 24.3 Å². The summed E-state index contributed by atoms with van der Waals surface area (Å²) in [6.45, 7) is 2.53. The molecule has 2 aromatic carbocycles. The van der Waals surface area contributed by atoms with Gasteiger partial charge in [-0.2, -0.15) is 5.26 Å². The Morgan fingerprint density at radius 3 is 2.66 bits per heavy atom. The smallest absolute Gasteiger partial charge is 0.175 e. The van der Waals surface area contributed by atoms with Gasteiger partial charge in [-0.15, -0.1) is 0 Å². The maximum atomic E-state index is 13.1. The number of nitriles is 1. The fourth-order valence-corrected chi connectivity index (χ4v) is 5.43. The fraction of sp³-hybridized carbons (Fsp3) is 0.308. The van der Waals surface area contributed by atoms with E-state index in [1.807, 2.05) is 25.1 Å². The van der Waals surface area contributed by atoms with Crippen LogP contribution in [0.5, 0.6) is 11.5 Å². The van der Waals surface area contributed by atoms with Crippen LogP contribution in [0.1, 0.15) is 43.2 Å². The molecular formula is C26H24BrCl2N3O3. The number of Topliss-reactive ketones (excluding diaryl/α,β-unsaturated/α-hetero) is 1. The zero-order valence-electron chi connectivity index (χ0n) is 19.3. The van der Waals surface area contributed by atoms with E-state index in [4.69, 9.17) is 38.4 Å². The molecule has 2 aliphatic rings. The van der Waals surface area contributed by atoms with Crippen molar-refractivity contribution >= 4 is 44.9 Å². The Hall–Kier alpha value is -2.66. The Balaban J connectivity index is 1.77. The Kier molecular flexibility index (Phi) is 7.65. The van der Waals surface area contributed by atoms with Gasteiger partial charge in [0.25, 0.3) is 0 Å². The summed E-state index contributed by atoms with van der Waals surface area (Å²) >= 11 is 15.8. The van der Waals surface area contributed by atoms with Crippen LogP contribution in [0.15, 0.2) is 57.5 Å². The van der Waals surface area contributed by atoms with E-state index in [0.29, 0.717) is 56.0 Å². The van der Waals surface area contributed by atoms with E-state index in [-0.39, 0.29) is 12.4 Å². The van der Waals surface area contributed by atoms with Crippen LogP contribution in [0.2, 0.25) is 10.0 Å². The summed E-state index contributed by atoms with van der Waals surface area (Å²) < 4.78 is 12.7. The summed E-state index contributed by atoms with van der Waals surface area (Å²) in [7, 11) is 1.80. The first-order valence-corrected chi connectivity index (χ1v) is 12.7. The number of ether oxygens (including phenoxy) is 2. The first-order chi connectivity index (χ1) is 16.8. The van der Waals surface area contributed by atoms with Gasteiger partial charge in [0.1, 0.15) is 12.4 Å². The van der Waals surface area contributed by atoms with Gasteiger partial charge in [-0.1, -0.05) is 29.3 Å². The third-order valence-corrected chi connectivity index (χ3v) is 7.53. The van der Waals surface area contributed by atoms with Gasteiger partial charge in [-0.3, -0.25) is 4.79 Å². The quantitative estimate of drug-likeness (QED) is 0.424. The second kappa shape index (κ2) is 10.5. The van der Waals surface area contributed by atoms with Crippen molar-refractivity contribution in [2.24, 2.45) is 5.73 Å². The van der Waals surface area contributed by atoms with Crippen molar-refractivity contribution in [3.63, 3.8) is 0 Å². The lowest BCUT2D eigenvalue weighted by atomic mass is 9.76. The molecule has 0 unspecified atom stereocenters. The molecule has 1 atom stereocenters.